The van der Waals surface area contributed by atoms with Crippen LogP contribution in [0.15, 0.2) is 24.3 Å². The van der Waals surface area contributed by atoms with Crippen LogP contribution in [-0.2, 0) is 37.9 Å². The molecule has 0 bridgehead atoms. The second-order valence-corrected chi connectivity index (χ2v) is 24.7. The van der Waals surface area contributed by atoms with Crippen molar-refractivity contribution in [1.29, 1.82) is 0 Å². The molecule has 0 aromatic carbocycles. The first-order valence-corrected chi connectivity index (χ1v) is 26.9. The van der Waals surface area contributed by atoms with Crippen molar-refractivity contribution in [3.8, 4) is 0 Å². The molecule has 74 heavy (non-hydrogen) atoms. The Labute approximate surface area is 434 Å². The highest BCUT2D eigenvalue weighted by atomic mass is 16.8. The molecule has 21 heteroatoms. The van der Waals surface area contributed by atoms with E-state index in [1.165, 1.54) is 6.92 Å². The maximum absolute atomic E-state index is 12.9. The topological polar surface area (TPSA) is 337 Å². The van der Waals surface area contributed by atoms with Crippen LogP contribution in [0.4, 0.5) is 0 Å². The molecule has 21 nitrogen and oxygen atoms in total. The predicted molar refractivity (Wildman–Crippen MR) is 259 cm³/mol. The van der Waals surface area contributed by atoms with Gasteiger partial charge >= 0.3 is 0 Å². The minimum Gasteiger partial charge on any atom is -0.394 e. The lowest BCUT2D eigenvalue weighted by Gasteiger charge is -2.70. The maximum atomic E-state index is 12.9. The number of ether oxygens (including phenoxy) is 8. The molecule has 426 valence electrons. The van der Waals surface area contributed by atoms with Crippen molar-refractivity contribution in [2.45, 2.75) is 235 Å². The highest BCUT2D eigenvalue weighted by Gasteiger charge is 2.70. The fourth-order valence-electron chi connectivity index (χ4n) is 15.8. The maximum Gasteiger partial charge on any atom is 0.187 e. The van der Waals surface area contributed by atoms with Crippen molar-refractivity contribution in [2.24, 2.45) is 45.3 Å². The Hall–Kier alpha value is -1.36. The van der Waals surface area contributed by atoms with E-state index in [4.69, 9.17) is 37.9 Å². The first-order chi connectivity index (χ1) is 34.7. The molecule has 0 aromatic rings. The summed E-state index contributed by atoms with van der Waals surface area (Å²) in [6.07, 6.45) is -19.0. The highest BCUT2D eigenvalue weighted by Crippen LogP contribution is 2.76. The normalized spacial score (nSPS) is 52.4. The second kappa shape index (κ2) is 22.3. The van der Waals surface area contributed by atoms with Crippen molar-refractivity contribution >= 4 is 0 Å². The summed E-state index contributed by atoms with van der Waals surface area (Å²) in [5, 5.41) is 141. The van der Waals surface area contributed by atoms with Crippen molar-refractivity contribution < 1.29 is 104 Å². The SMILES string of the molecule is C=C(C)/C=C/C[C@@](O)(CO[C@@H]1O[C@H](CO)[C@@H](O)[C@H](O)[C@H]1O)[C@H]1CC[C@]2(C)[C@@H]1CC[C@@H]1[C@@]3(C)CC[C@H](O[C@@H]4O[C@H](CO)[C@@H](O)[C@H](O[C@@H]5OC[C@@H](O)[C@H](O)[C@H]5O)[C@H]4O[C@@H]4O[C@@H](C)[C@H](O)[C@@H](O)[C@H]4O)C(C)(C)[C@@H]3CC[C@]12C. The smallest absolute Gasteiger partial charge is 0.187 e. The largest absolute Gasteiger partial charge is 0.394 e. The van der Waals surface area contributed by atoms with E-state index in [0.717, 1.165) is 50.5 Å². The molecule has 0 radical (unpaired) electrons. The summed E-state index contributed by atoms with van der Waals surface area (Å²) in [5.41, 5.74) is -1.67. The van der Waals surface area contributed by atoms with Crippen LogP contribution >= 0.6 is 0 Å². The first kappa shape index (κ1) is 58.8. The van der Waals surface area contributed by atoms with Gasteiger partial charge in [0, 0.05) is 0 Å². The number of fused-ring (bicyclic) bond motifs is 5. The zero-order valence-electron chi connectivity index (χ0n) is 44.0. The van der Waals surface area contributed by atoms with Crippen LogP contribution in [0, 0.1) is 45.3 Å². The molecule has 4 aliphatic carbocycles. The third kappa shape index (κ3) is 10.3. The molecule has 8 aliphatic rings. The Morgan fingerprint density at radius 1 is 0.622 bits per heavy atom. The van der Waals surface area contributed by atoms with Gasteiger partial charge in [0.25, 0.3) is 0 Å². The average Bonchev–Trinajstić information content (AvgIpc) is 3.72. The van der Waals surface area contributed by atoms with Crippen molar-refractivity contribution in [1.82, 2.24) is 0 Å². The van der Waals surface area contributed by atoms with Gasteiger partial charge in [0.2, 0.25) is 0 Å². The summed E-state index contributed by atoms with van der Waals surface area (Å²) in [7, 11) is 0. The van der Waals surface area contributed by atoms with Crippen LogP contribution in [0.25, 0.3) is 0 Å². The third-order valence-electron chi connectivity index (χ3n) is 20.2. The van der Waals surface area contributed by atoms with E-state index < -0.39 is 154 Å². The summed E-state index contributed by atoms with van der Waals surface area (Å²) in [6.45, 7) is 17.0. The molecule has 4 aliphatic heterocycles. The molecule has 4 saturated heterocycles. The Balaban J connectivity index is 1.03. The molecule has 0 unspecified atom stereocenters. The second-order valence-electron chi connectivity index (χ2n) is 24.7. The number of aliphatic hydroxyl groups excluding tert-OH is 12. The van der Waals surface area contributed by atoms with Gasteiger partial charge in [-0.25, -0.2) is 0 Å². The van der Waals surface area contributed by atoms with E-state index in [-0.39, 0.29) is 52.9 Å². The van der Waals surface area contributed by atoms with Crippen LogP contribution in [0.5, 0.6) is 0 Å². The fourth-order valence-corrected chi connectivity index (χ4v) is 15.8. The summed E-state index contributed by atoms with van der Waals surface area (Å²) in [5.74, 6) is 0.274. The molecular weight excluding hydrogens is 973 g/mol. The number of aliphatic hydroxyl groups is 13. The third-order valence-corrected chi connectivity index (χ3v) is 20.2. The van der Waals surface area contributed by atoms with Gasteiger partial charge in [0.15, 0.2) is 25.2 Å². The molecule has 0 amide bonds. The van der Waals surface area contributed by atoms with E-state index >= 15 is 0 Å². The molecule has 8 fully saturated rings. The number of rotatable bonds is 15. The van der Waals surface area contributed by atoms with Crippen LogP contribution in [-0.4, -0.2) is 221 Å². The molecule has 13 N–H and O–H groups in total. The van der Waals surface area contributed by atoms with Gasteiger partial charge in [-0.3, -0.25) is 0 Å². The monoisotopic (exact) mass is 1060 g/mol. The van der Waals surface area contributed by atoms with E-state index in [1.807, 2.05) is 19.1 Å². The van der Waals surface area contributed by atoms with Gasteiger partial charge in [0.1, 0.15) is 85.5 Å². The number of hydrogen-bond donors (Lipinski definition) is 13. The summed E-state index contributed by atoms with van der Waals surface area (Å²) >= 11 is 0. The Morgan fingerprint density at radius 3 is 1.91 bits per heavy atom. The lowest BCUT2D eigenvalue weighted by molar-refractivity contribution is -0.395. The molecule has 4 heterocycles. The molecule has 4 saturated carbocycles. The Bertz CT molecular complexity index is 1940. The van der Waals surface area contributed by atoms with Gasteiger partial charge < -0.3 is 104 Å². The van der Waals surface area contributed by atoms with E-state index in [2.05, 4.69) is 41.2 Å². The average molecular weight is 1060 g/mol. The molecule has 8 rings (SSSR count). The van der Waals surface area contributed by atoms with Crippen LogP contribution in [0.2, 0.25) is 0 Å². The summed E-state index contributed by atoms with van der Waals surface area (Å²) in [4.78, 5) is 0. The van der Waals surface area contributed by atoms with Crippen LogP contribution in [0.3, 0.4) is 0 Å². The number of hydrogen-bond acceptors (Lipinski definition) is 21. The number of allylic oxidation sites excluding steroid dienone is 2. The Morgan fingerprint density at radius 2 is 1.23 bits per heavy atom. The fraction of sp³-hybridized carbons (Fsp3) is 0.925. The predicted octanol–water partition coefficient (Wildman–Crippen LogP) is -0.758. The van der Waals surface area contributed by atoms with Crippen molar-refractivity contribution in [2.75, 3.05) is 26.4 Å². The van der Waals surface area contributed by atoms with Gasteiger partial charge in [-0.05, 0) is 117 Å². The van der Waals surface area contributed by atoms with Crippen molar-refractivity contribution in [3.63, 3.8) is 0 Å². The molecule has 28 atom stereocenters. The molecule has 0 spiro atoms. The lowest BCUT2D eigenvalue weighted by atomic mass is 9.35. The standard InChI is InChI=1S/C53H88O21/c1-24(2)10-9-16-53(66,23-68-46-41(64)39(62)36(59)29(20-54)70-46)27-13-18-51(7)26(27)11-12-32-50(6)17-15-33(49(4,5)31(50)14-19-52(32,51)8)72-48-44(74-47-42(65)38(61)34(57)25(3)69-47)43(37(60)30(21-55)71-48)73-45-40(63)35(58)28(56)22-67-45/h9-10,25-48,54-66H,1,11-23H2,2-8H3/b10-9+/t25-,26+,27-,28+,29+,30+,31-,32+,33-,34-,35-,36+,37+,38+,39-,40+,41+,42+,43-,44+,45-,46+,47-,48-,50-,51+,52+,53+/m0/s1. The molecule has 0 aromatic heterocycles. The Kier molecular flexibility index (Phi) is 17.7. The van der Waals surface area contributed by atoms with Crippen LogP contribution in [0.1, 0.15) is 106 Å². The van der Waals surface area contributed by atoms with Crippen molar-refractivity contribution in [3.05, 3.63) is 24.3 Å². The first-order valence-electron chi connectivity index (χ1n) is 26.9. The zero-order chi connectivity index (χ0) is 54.2. The molecular formula is C53H88O21. The van der Waals surface area contributed by atoms with Gasteiger partial charge in [-0.1, -0.05) is 58.9 Å². The minimum absolute atomic E-state index is 0.0936. The van der Waals surface area contributed by atoms with E-state index in [0.29, 0.717) is 6.42 Å². The van der Waals surface area contributed by atoms with Gasteiger partial charge in [-0.15, -0.1) is 0 Å². The van der Waals surface area contributed by atoms with E-state index in [1.54, 1.807) is 0 Å². The van der Waals surface area contributed by atoms with Crippen LogP contribution < -0.4 is 0 Å². The zero-order valence-corrected chi connectivity index (χ0v) is 44.0. The summed E-state index contributed by atoms with van der Waals surface area (Å²) < 4.78 is 49.1. The minimum atomic E-state index is -1.78. The summed E-state index contributed by atoms with van der Waals surface area (Å²) in [6, 6.07) is 0. The van der Waals surface area contributed by atoms with Gasteiger partial charge in [0.05, 0.1) is 44.2 Å². The lowest BCUT2D eigenvalue weighted by Crippen LogP contribution is -2.67. The highest BCUT2D eigenvalue weighted by molar-refractivity contribution is 5.20. The van der Waals surface area contributed by atoms with E-state index in [9.17, 15) is 66.4 Å². The quantitative estimate of drug-likeness (QED) is 0.0708. The van der Waals surface area contributed by atoms with Gasteiger partial charge in [-0.2, -0.15) is 0 Å².